The Morgan fingerprint density at radius 2 is 2.11 bits per heavy atom. The number of ether oxygens (including phenoxy) is 3. The summed E-state index contributed by atoms with van der Waals surface area (Å²) in [5.41, 5.74) is 2.20. The molecule has 150 valence electrons. The van der Waals surface area contributed by atoms with Crippen LogP contribution in [0.2, 0.25) is 5.02 Å². The number of methoxy groups -OCH3 is 1. The Hall–Kier alpha value is -2.18. The Labute approximate surface area is 169 Å². The molecule has 0 radical (unpaired) electrons. The first-order chi connectivity index (χ1) is 13.4. The van der Waals surface area contributed by atoms with Crippen molar-refractivity contribution in [2.75, 3.05) is 20.3 Å². The van der Waals surface area contributed by atoms with Gasteiger partial charge in [-0.25, -0.2) is 4.79 Å². The highest BCUT2D eigenvalue weighted by Gasteiger charge is 2.42. The van der Waals surface area contributed by atoms with Gasteiger partial charge in [-0.15, -0.1) is 0 Å². The SMILES string of the molecule is COC(=O)C1C(C)=NC(C)=C(C(=O)OC[C@H]2CCCO2)[C@H]1c1cccc(Cl)c1. The lowest BCUT2D eigenvalue weighted by molar-refractivity contribution is -0.144. The van der Waals surface area contributed by atoms with Gasteiger partial charge in [-0.05, 0) is 44.4 Å². The van der Waals surface area contributed by atoms with Crippen molar-refractivity contribution in [1.29, 1.82) is 0 Å². The van der Waals surface area contributed by atoms with Gasteiger partial charge >= 0.3 is 11.9 Å². The number of hydrogen-bond acceptors (Lipinski definition) is 6. The minimum absolute atomic E-state index is 0.0836. The molecule has 0 amide bonds. The topological polar surface area (TPSA) is 74.2 Å². The number of halogens is 1. The average Bonchev–Trinajstić information content (AvgIpc) is 3.18. The molecule has 0 aromatic heterocycles. The summed E-state index contributed by atoms with van der Waals surface area (Å²) in [4.78, 5) is 30.0. The van der Waals surface area contributed by atoms with Crippen molar-refractivity contribution in [1.82, 2.24) is 0 Å². The summed E-state index contributed by atoms with van der Waals surface area (Å²) >= 11 is 6.18. The van der Waals surface area contributed by atoms with Crippen molar-refractivity contribution >= 4 is 29.3 Å². The molecule has 6 nitrogen and oxygen atoms in total. The zero-order valence-electron chi connectivity index (χ0n) is 16.2. The first-order valence-electron chi connectivity index (χ1n) is 9.30. The van der Waals surface area contributed by atoms with Gasteiger partial charge in [0.05, 0.1) is 18.8 Å². The van der Waals surface area contributed by atoms with Crippen LogP contribution >= 0.6 is 11.6 Å². The van der Waals surface area contributed by atoms with Gasteiger partial charge in [0, 0.05) is 29.0 Å². The van der Waals surface area contributed by atoms with Crippen LogP contribution in [0, 0.1) is 5.92 Å². The normalized spacial score (nSPS) is 24.7. The standard InChI is InChI=1S/C21H24ClNO5/c1-12-17(20(24)26-3)19(14-6-4-7-15(22)10-14)18(13(2)23-12)21(25)28-11-16-8-5-9-27-16/h4,6-7,10,16-17,19H,5,8-9,11H2,1-3H3/t16-,17?,19+/m1/s1. The van der Waals surface area contributed by atoms with Gasteiger partial charge in [0.2, 0.25) is 0 Å². The molecule has 0 spiro atoms. The van der Waals surface area contributed by atoms with Crippen LogP contribution in [0.3, 0.4) is 0 Å². The van der Waals surface area contributed by atoms with Crippen LogP contribution in [0.5, 0.6) is 0 Å². The second-order valence-electron chi connectivity index (χ2n) is 7.02. The Kier molecular flexibility index (Phi) is 6.52. The third-order valence-electron chi connectivity index (χ3n) is 5.14. The molecule has 1 unspecified atom stereocenters. The molecule has 0 saturated carbocycles. The zero-order chi connectivity index (χ0) is 20.3. The van der Waals surface area contributed by atoms with Crippen LogP contribution in [0.4, 0.5) is 0 Å². The van der Waals surface area contributed by atoms with Crippen LogP contribution in [-0.2, 0) is 23.8 Å². The van der Waals surface area contributed by atoms with E-state index in [1.54, 1.807) is 32.0 Å². The van der Waals surface area contributed by atoms with E-state index in [4.69, 9.17) is 25.8 Å². The molecule has 28 heavy (non-hydrogen) atoms. The molecular formula is C21H24ClNO5. The highest BCUT2D eigenvalue weighted by atomic mass is 35.5. The molecular weight excluding hydrogens is 382 g/mol. The van der Waals surface area contributed by atoms with Crippen LogP contribution < -0.4 is 0 Å². The van der Waals surface area contributed by atoms with E-state index in [0.717, 1.165) is 18.4 Å². The number of nitrogens with zero attached hydrogens (tertiary/aromatic N) is 1. The predicted octanol–water partition coefficient (Wildman–Crippen LogP) is 3.68. The molecule has 0 aliphatic carbocycles. The van der Waals surface area contributed by atoms with E-state index in [0.29, 0.717) is 28.6 Å². The minimum Gasteiger partial charge on any atom is -0.468 e. The fourth-order valence-electron chi connectivity index (χ4n) is 3.82. The summed E-state index contributed by atoms with van der Waals surface area (Å²) in [5.74, 6) is -2.26. The predicted molar refractivity (Wildman–Crippen MR) is 105 cm³/mol. The summed E-state index contributed by atoms with van der Waals surface area (Å²) in [7, 11) is 1.32. The van der Waals surface area contributed by atoms with E-state index in [1.807, 2.05) is 6.07 Å². The molecule has 2 aliphatic rings. The molecule has 2 aliphatic heterocycles. The van der Waals surface area contributed by atoms with Crippen molar-refractivity contribution in [3.05, 3.63) is 46.1 Å². The Morgan fingerprint density at radius 1 is 1.32 bits per heavy atom. The summed E-state index contributed by atoms with van der Waals surface area (Å²) < 4.78 is 16.1. The maximum atomic E-state index is 13.0. The van der Waals surface area contributed by atoms with Crippen molar-refractivity contribution in [3.8, 4) is 0 Å². The molecule has 0 bridgehead atoms. The van der Waals surface area contributed by atoms with E-state index >= 15 is 0 Å². The van der Waals surface area contributed by atoms with Gasteiger partial charge < -0.3 is 14.2 Å². The van der Waals surface area contributed by atoms with Crippen molar-refractivity contribution in [2.24, 2.45) is 10.9 Å². The minimum atomic E-state index is -0.725. The smallest absolute Gasteiger partial charge is 0.336 e. The van der Waals surface area contributed by atoms with Gasteiger partial charge in [-0.2, -0.15) is 0 Å². The number of carbonyl (C=O) groups excluding carboxylic acids is 2. The molecule has 1 saturated heterocycles. The highest BCUT2D eigenvalue weighted by Crippen LogP contribution is 2.40. The Bertz CT molecular complexity index is 826. The van der Waals surface area contributed by atoms with E-state index in [2.05, 4.69) is 4.99 Å². The third kappa shape index (κ3) is 4.28. The fraction of sp³-hybridized carbons (Fsp3) is 0.476. The van der Waals surface area contributed by atoms with E-state index in [-0.39, 0.29) is 12.7 Å². The summed E-state index contributed by atoms with van der Waals surface area (Å²) in [6.07, 6.45) is 1.74. The third-order valence-corrected chi connectivity index (χ3v) is 5.37. The monoisotopic (exact) mass is 405 g/mol. The maximum Gasteiger partial charge on any atom is 0.336 e. The van der Waals surface area contributed by atoms with E-state index in [1.165, 1.54) is 7.11 Å². The Balaban J connectivity index is 1.98. The second-order valence-corrected chi connectivity index (χ2v) is 7.46. The lowest BCUT2D eigenvalue weighted by atomic mass is 9.75. The van der Waals surface area contributed by atoms with E-state index < -0.39 is 23.8 Å². The fourth-order valence-corrected chi connectivity index (χ4v) is 4.02. The number of benzene rings is 1. The lowest BCUT2D eigenvalue weighted by Crippen LogP contribution is -2.36. The van der Waals surface area contributed by atoms with Gasteiger partial charge in [-0.3, -0.25) is 9.79 Å². The number of carbonyl (C=O) groups is 2. The zero-order valence-corrected chi connectivity index (χ0v) is 17.0. The number of hydrogen-bond donors (Lipinski definition) is 0. The van der Waals surface area contributed by atoms with Crippen molar-refractivity contribution in [2.45, 2.75) is 38.7 Å². The number of aliphatic imine (C=N–C) groups is 1. The van der Waals surface area contributed by atoms with Crippen LogP contribution in [0.25, 0.3) is 0 Å². The summed E-state index contributed by atoms with van der Waals surface area (Å²) in [6.45, 7) is 4.38. The quantitative estimate of drug-likeness (QED) is 0.698. The molecule has 7 heteroatoms. The van der Waals surface area contributed by atoms with Crippen LogP contribution in [0.1, 0.15) is 38.2 Å². The van der Waals surface area contributed by atoms with Gasteiger partial charge in [0.1, 0.15) is 12.5 Å². The van der Waals surface area contributed by atoms with Crippen molar-refractivity contribution < 1.29 is 23.8 Å². The number of esters is 2. The molecule has 3 atom stereocenters. The first kappa shape index (κ1) is 20.6. The lowest BCUT2D eigenvalue weighted by Gasteiger charge is -2.31. The van der Waals surface area contributed by atoms with Gasteiger partial charge in [0.15, 0.2) is 0 Å². The number of allylic oxidation sites excluding steroid dienone is 1. The molecule has 3 rings (SSSR count). The summed E-state index contributed by atoms with van der Waals surface area (Å²) in [6, 6.07) is 7.12. The molecule has 2 heterocycles. The Morgan fingerprint density at radius 3 is 2.75 bits per heavy atom. The van der Waals surface area contributed by atoms with Crippen molar-refractivity contribution in [3.63, 3.8) is 0 Å². The number of rotatable bonds is 5. The average molecular weight is 406 g/mol. The van der Waals surface area contributed by atoms with Crippen LogP contribution in [-0.4, -0.2) is 44.1 Å². The maximum absolute atomic E-state index is 13.0. The van der Waals surface area contributed by atoms with E-state index in [9.17, 15) is 9.59 Å². The molecule has 1 aromatic carbocycles. The molecule has 1 aromatic rings. The largest absolute Gasteiger partial charge is 0.468 e. The van der Waals surface area contributed by atoms with Crippen LogP contribution in [0.15, 0.2) is 40.5 Å². The molecule has 1 fully saturated rings. The van der Waals surface area contributed by atoms with Gasteiger partial charge in [-0.1, -0.05) is 23.7 Å². The van der Waals surface area contributed by atoms with Gasteiger partial charge in [0.25, 0.3) is 0 Å². The second kappa shape index (κ2) is 8.88. The molecule has 0 N–H and O–H groups in total. The first-order valence-corrected chi connectivity index (χ1v) is 9.68. The highest BCUT2D eigenvalue weighted by molar-refractivity contribution is 6.30. The summed E-state index contributed by atoms with van der Waals surface area (Å²) in [5, 5.41) is 0.519.